The number of furan rings is 2. The van der Waals surface area contributed by atoms with Crippen LogP contribution in [0.3, 0.4) is 0 Å². The third kappa shape index (κ3) is 5.23. The van der Waals surface area contributed by atoms with Crippen LogP contribution in [0.4, 0.5) is 5.69 Å². The van der Waals surface area contributed by atoms with Gasteiger partial charge >= 0.3 is 0 Å². The first-order valence-electron chi connectivity index (χ1n) is 11.1. The first-order valence-corrected chi connectivity index (χ1v) is 11.1. The molecular formula is C25H27N3O5. The van der Waals surface area contributed by atoms with Crippen molar-refractivity contribution in [1.82, 2.24) is 5.32 Å². The van der Waals surface area contributed by atoms with Crippen LogP contribution in [-0.4, -0.2) is 24.6 Å². The highest BCUT2D eigenvalue weighted by atomic mass is 16.4. The highest BCUT2D eigenvalue weighted by molar-refractivity contribution is 6.04. The topological polar surface area (TPSA) is 128 Å². The standard InChI is InChI=1S/C25H27N3O5/c1-15-9-19(27-23(30)5-3-2-4-8-26)11-17-13-22(33-24(15)17)25(31)28-18-6-7-21-16(10-18)12-20(14-29)32-21/h6-7,10-15H,2-5,8-9,26H2,1H3,(H,27,30)(H,28,31). The third-order valence-corrected chi connectivity index (χ3v) is 5.64. The minimum absolute atomic E-state index is 0.0113. The second-order valence-corrected chi connectivity index (χ2v) is 8.33. The molecule has 1 atom stereocenters. The van der Waals surface area contributed by atoms with Crippen molar-refractivity contribution in [3.05, 3.63) is 58.9 Å². The number of benzene rings is 1. The summed E-state index contributed by atoms with van der Waals surface area (Å²) in [7, 11) is 0. The quantitative estimate of drug-likeness (QED) is 0.324. The molecule has 3 aromatic rings. The van der Waals surface area contributed by atoms with Crippen LogP contribution in [0.25, 0.3) is 17.0 Å². The van der Waals surface area contributed by atoms with Crippen LogP contribution >= 0.6 is 0 Å². The van der Waals surface area contributed by atoms with Crippen molar-refractivity contribution in [1.29, 1.82) is 0 Å². The molecule has 0 saturated heterocycles. The number of hydrogen-bond donors (Lipinski definition) is 3. The maximum atomic E-state index is 12.8. The number of carbonyl (C=O) groups is 3. The van der Waals surface area contributed by atoms with Gasteiger partial charge in [0.1, 0.15) is 11.3 Å². The monoisotopic (exact) mass is 449 g/mol. The van der Waals surface area contributed by atoms with Gasteiger partial charge in [-0.15, -0.1) is 0 Å². The number of aldehydes is 1. The molecule has 0 aliphatic heterocycles. The number of rotatable bonds is 9. The maximum Gasteiger partial charge on any atom is 0.291 e. The molecule has 2 heterocycles. The molecule has 1 unspecified atom stereocenters. The van der Waals surface area contributed by atoms with E-state index in [2.05, 4.69) is 10.6 Å². The van der Waals surface area contributed by atoms with Gasteiger partial charge in [0.2, 0.25) is 5.91 Å². The molecule has 172 valence electrons. The van der Waals surface area contributed by atoms with E-state index >= 15 is 0 Å². The van der Waals surface area contributed by atoms with Gasteiger partial charge in [0.15, 0.2) is 17.8 Å². The van der Waals surface area contributed by atoms with Gasteiger partial charge in [0.25, 0.3) is 5.91 Å². The predicted octanol–water partition coefficient (Wildman–Crippen LogP) is 4.57. The molecule has 1 aliphatic rings. The average Bonchev–Trinajstić information content (AvgIpc) is 3.40. The normalized spacial score (nSPS) is 15.1. The Kier molecular flexibility index (Phi) is 6.74. The summed E-state index contributed by atoms with van der Waals surface area (Å²) < 4.78 is 11.2. The Bertz CT molecular complexity index is 1220. The fourth-order valence-electron chi connectivity index (χ4n) is 4.03. The minimum Gasteiger partial charge on any atom is -0.455 e. The van der Waals surface area contributed by atoms with Gasteiger partial charge in [-0.3, -0.25) is 14.4 Å². The number of amides is 2. The first-order chi connectivity index (χ1) is 16.0. The molecule has 2 amide bonds. The second-order valence-electron chi connectivity index (χ2n) is 8.33. The zero-order valence-corrected chi connectivity index (χ0v) is 18.5. The van der Waals surface area contributed by atoms with E-state index in [9.17, 15) is 14.4 Å². The number of anilines is 1. The van der Waals surface area contributed by atoms with E-state index in [1.807, 2.05) is 13.0 Å². The average molecular weight is 450 g/mol. The molecule has 1 aliphatic carbocycles. The molecule has 0 radical (unpaired) electrons. The van der Waals surface area contributed by atoms with Crippen molar-refractivity contribution in [2.75, 3.05) is 11.9 Å². The largest absolute Gasteiger partial charge is 0.455 e. The Morgan fingerprint density at radius 2 is 1.97 bits per heavy atom. The third-order valence-electron chi connectivity index (χ3n) is 5.64. The molecule has 4 rings (SSSR count). The van der Waals surface area contributed by atoms with Crippen molar-refractivity contribution in [3.63, 3.8) is 0 Å². The lowest BCUT2D eigenvalue weighted by molar-refractivity contribution is -0.120. The Hall–Kier alpha value is -3.65. The van der Waals surface area contributed by atoms with Gasteiger partial charge in [0.05, 0.1) is 0 Å². The Morgan fingerprint density at radius 3 is 2.76 bits per heavy atom. The Morgan fingerprint density at radius 1 is 1.12 bits per heavy atom. The van der Waals surface area contributed by atoms with Crippen molar-refractivity contribution in [2.45, 2.75) is 44.9 Å². The molecule has 4 N–H and O–H groups in total. The number of nitrogens with two attached hydrogens (primary N) is 1. The van der Waals surface area contributed by atoms with Crippen LogP contribution in [0.1, 0.15) is 77.4 Å². The van der Waals surface area contributed by atoms with Crippen molar-refractivity contribution in [3.8, 4) is 0 Å². The van der Waals surface area contributed by atoms with E-state index in [4.69, 9.17) is 14.6 Å². The number of allylic oxidation sites excluding steroid dienone is 1. The fourth-order valence-corrected chi connectivity index (χ4v) is 4.03. The molecule has 0 spiro atoms. The van der Waals surface area contributed by atoms with Gasteiger partial charge in [-0.05, 0) is 62.2 Å². The van der Waals surface area contributed by atoms with Crippen LogP contribution in [0, 0.1) is 0 Å². The van der Waals surface area contributed by atoms with Crippen molar-refractivity contribution < 1.29 is 23.2 Å². The fraction of sp³-hybridized carbons (Fsp3) is 0.320. The van der Waals surface area contributed by atoms with Crippen LogP contribution in [0.2, 0.25) is 0 Å². The van der Waals surface area contributed by atoms with Gasteiger partial charge < -0.3 is 25.2 Å². The van der Waals surface area contributed by atoms with Gasteiger partial charge in [0, 0.05) is 34.7 Å². The predicted molar refractivity (Wildman–Crippen MR) is 125 cm³/mol. The number of unbranched alkanes of at least 4 members (excludes halogenated alkanes) is 2. The van der Waals surface area contributed by atoms with Crippen LogP contribution in [-0.2, 0) is 4.79 Å². The summed E-state index contributed by atoms with van der Waals surface area (Å²) >= 11 is 0. The summed E-state index contributed by atoms with van der Waals surface area (Å²) in [6.07, 6.45) is 6.28. The summed E-state index contributed by atoms with van der Waals surface area (Å²) in [5.41, 5.74) is 8.23. The lowest BCUT2D eigenvalue weighted by Gasteiger charge is -2.19. The van der Waals surface area contributed by atoms with Crippen LogP contribution in [0.15, 0.2) is 44.9 Å². The van der Waals surface area contributed by atoms with Gasteiger partial charge in [-0.1, -0.05) is 13.3 Å². The van der Waals surface area contributed by atoms with E-state index < -0.39 is 0 Å². The lowest BCUT2D eigenvalue weighted by Crippen LogP contribution is -2.24. The number of nitrogens with one attached hydrogen (secondary N) is 2. The maximum absolute atomic E-state index is 12.8. The zero-order chi connectivity index (χ0) is 23.4. The summed E-state index contributed by atoms with van der Waals surface area (Å²) in [6, 6.07) is 8.43. The first kappa shape index (κ1) is 22.5. The Balaban J connectivity index is 1.43. The van der Waals surface area contributed by atoms with Crippen LogP contribution in [0.5, 0.6) is 0 Å². The summed E-state index contributed by atoms with van der Waals surface area (Å²) in [4.78, 5) is 35.9. The second kappa shape index (κ2) is 9.87. The molecule has 2 aromatic heterocycles. The molecule has 8 heteroatoms. The van der Waals surface area contributed by atoms with Gasteiger partial charge in [-0.2, -0.15) is 0 Å². The Labute approximate surface area is 191 Å². The SMILES string of the molecule is CC1CC(NC(=O)CCCCCN)=Cc2cc(C(=O)Nc3ccc4oc(C=O)cc4c3)oc21. The van der Waals surface area contributed by atoms with E-state index in [0.717, 1.165) is 36.3 Å². The highest BCUT2D eigenvalue weighted by Crippen LogP contribution is 2.35. The molecule has 0 fully saturated rings. The summed E-state index contributed by atoms with van der Waals surface area (Å²) in [6.45, 7) is 2.64. The van der Waals surface area contributed by atoms with Crippen molar-refractivity contribution in [2.24, 2.45) is 5.73 Å². The van der Waals surface area contributed by atoms with Crippen molar-refractivity contribution >= 4 is 40.8 Å². The molecule has 8 nitrogen and oxygen atoms in total. The summed E-state index contributed by atoms with van der Waals surface area (Å²) in [5, 5.41) is 6.52. The lowest BCUT2D eigenvalue weighted by atomic mass is 9.93. The van der Waals surface area contributed by atoms with E-state index in [0.29, 0.717) is 42.3 Å². The minimum atomic E-state index is -0.381. The van der Waals surface area contributed by atoms with E-state index in [1.54, 1.807) is 30.3 Å². The number of carbonyl (C=O) groups excluding carboxylic acids is 3. The highest BCUT2D eigenvalue weighted by Gasteiger charge is 2.25. The van der Waals surface area contributed by atoms with Gasteiger partial charge in [-0.25, -0.2) is 0 Å². The summed E-state index contributed by atoms with van der Waals surface area (Å²) in [5.74, 6) is 0.784. The smallest absolute Gasteiger partial charge is 0.291 e. The molecule has 33 heavy (non-hydrogen) atoms. The van der Waals surface area contributed by atoms with E-state index in [1.165, 1.54) is 0 Å². The zero-order valence-electron chi connectivity index (χ0n) is 18.5. The van der Waals surface area contributed by atoms with E-state index in [-0.39, 0.29) is 29.3 Å². The molecular weight excluding hydrogens is 422 g/mol. The number of hydrogen-bond acceptors (Lipinski definition) is 6. The van der Waals surface area contributed by atoms with Crippen LogP contribution < -0.4 is 16.4 Å². The number of fused-ring (bicyclic) bond motifs is 2. The molecule has 0 saturated carbocycles. The molecule has 1 aromatic carbocycles. The molecule has 0 bridgehead atoms.